The van der Waals surface area contributed by atoms with Crippen molar-refractivity contribution in [3.8, 4) is 0 Å². The van der Waals surface area contributed by atoms with Crippen LogP contribution in [0.4, 0.5) is 0 Å². The van der Waals surface area contributed by atoms with Crippen molar-refractivity contribution in [3.63, 3.8) is 0 Å². The van der Waals surface area contributed by atoms with Crippen LogP contribution in [0.15, 0.2) is 0 Å². The molecule has 48 valence electrons. The van der Waals surface area contributed by atoms with Crippen molar-refractivity contribution < 1.29 is 20.5 Å². The van der Waals surface area contributed by atoms with E-state index in [2.05, 4.69) is 0 Å². The van der Waals surface area contributed by atoms with Gasteiger partial charge in [0.25, 0.3) is 0 Å². The van der Waals surface area contributed by atoms with Crippen LogP contribution in [-0.2, 0) is 4.79 Å². The molecule has 0 aromatic carbocycles. The van der Waals surface area contributed by atoms with Gasteiger partial charge in [0, 0.05) is 0 Å². The molecule has 0 aromatic rings. The second-order valence-electron chi connectivity index (χ2n) is 1.01. The van der Waals surface area contributed by atoms with E-state index in [9.17, 15) is 4.79 Å². The Kier molecular flexibility index (Phi) is 30.2. The van der Waals surface area contributed by atoms with Crippen LogP contribution in [0.1, 0.15) is 6.92 Å². The van der Waals surface area contributed by atoms with Gasteiger partial charge in [0.1, 0.15) is 6.10 Å². The van der Waals surface area contributed by atoms with E-state index in [1.165, 1.54) is 6.92 Å². The van der Waals surface area contributed by atoms with E-state index >= 15 is 0 Å². The maximum atomic E-state index is 9.45. The average molecular weight is 156 g/mol. The first-order chi connectivity index (χ1) is 2.64. The minimum atomic E-state index is -1.23. The van der Waals surface area contributed by atoms with Crippen molar-refractivity contribution in [2.45, 2.75) is 13.0 Å². The third-order valence-electron chi connectivity index (χ3n) is 0.357. The second-order valence-corrected chi connectivity index (χ2v) is 1.01. The zero-order valence-corrected chi connectivity index (χ0v) is 3.88. The molecule has 0 aromatic heterocycles. The molecule has 0 amide bonds. The van der Waals surface area contributed by atoms with Crippen LogP contribution >= 0.6 is 0 Å². The van der Waals surface area contributed by atoms with E-state index in [4.69, 9.17) is 10.2 Å². The van der Waals surface area contributed by atoms with Crippen LogP contribution < -0.4 is 0 Å². The fourth-order valence-corrected chi connectivity index (χ4v) is 0. The van der Waals surface area contributed by atoms with E-state index in [1.54, 1.807) is 0 Å². The number of aliphatic hydroxyl groups excluding tert-OH is 1. The zero-order valence-electron chi connectivity index (χ0n) is 3.88. The first-order valence-corrected chi connectivity index (χ1v) is 1.55. The number of rotatable bonds is 1. The molecule has 0 saturated heterocycles. The van der Waals surface area contributed by atoms with Crippen LogP contribution in [0.25, 0.3) is 0 Å². The van der Waals surface area contributed by atoms with E-state index in [-0.39, 0.29) is 64.6 Å². The quantitative estimate of drug-likeness (QED) is 0.406. The Bertz CT molecular complexity index is 64.8. The number of hydrogen-bond donors (Lipinski definition) is 2. The van der Waals surface area contributed by atoms with E-state index in [1.807, 2.05) is 0 Å². The van der Waals surface area contributed by atoms with E-state index in [0.29, 0.717) is 0 Å². The van der Waals surface area contributed by atoms with Crippen LogP contribution in [0.5, 0.6) is 0 Å². The van der Waals surface area contributed by atoms with Gasteiger partial charge >= 0.3 is 65.1 Å². The Morgan fingerprint density at radius 2 is 1.56 bits per heavy atom. The fraction of sp³-hybridized carbons (Fsp3) is 0.667. The molecule has 1 unspecified atom stereocenters. The molecular formula is C3H10Na2O4. The Morgan fingerprint density at radius 1 is 1.44 bits per heavy atom. The predicted molar refractivity (Wildman–Crippen MR) is 37.2 cm³/mol. The monoisotopic (exact) mass is 156 g/mol. The maximum absolute atomic E-state index is 9.45. The molecule has 6 heteroatoms. The summed E-state index contributed by atoms with van der Waals surface area (Å²) < 4.78 is 0. The standard InChI is InChI=1S/C3H6O3.2Na.H2O.2H/c1-2(4)3(5)6;;;;;/h2,4H,1H3,(H,5,6);;;1H2;;. The number of aliphatic hydroxyl groups is 1. The zero-order chi connectivity index (χ0) is 5.15. The molecule has 0 radical (unpaired) electrons. The molecule has 0 fully saturated rings. The van der Waals surface area contributed by atoms with Crippen LogP contribution in [0, 0.1) is 0 Å². The van der Waals surface area contributed by atoms with E-state index < -0.39 is 12.1 Å². The summed E-state index contributed by atoms with van der Waals surface area (Å²) in [5.41, 5.74) is 0. The Morgan fingerprint density at radius 3 is 1.56 bits per heavy atom. The predicted octanol–water partition coefficient (Wildman–Crippen LogP) is -2.67. The third kappa shape index (κ3) is 17.7. The van der Waals surface area contributed by atoms with Crippen molar-refractivity contribution >= 4 is 65.1 Å². The number of aliphatic carboxylic acids is 1. The molecule has 0 spiro atoms. The SMILES string of the molecule is CC(O)C(=O)O.O.[NaH].[NaH]. The van der Waals surface area contributed by atoms with Gasteiger partial charge in [-0.05, 0) is 6.92 Å². The summed E-state index contributed by atoms with van der Waals surface area (Å²) in [7, 11) is 0. The van der Waals surface area contributed by atoms with Gasteiger partial charge < -0.3 is 15.7 Å². The van der Waals surface area contributed by atoms with Gasteiger partial charge in [0.15, 0.2) is 0 Å². The molecule has 0 aliphatic carbocycles. The van der Waals surface area contributed by atoms with Crippen molar-refractivity contribution in [1.82, 2.24) is 0 Å². The molecule has 0 rings (SSSR count). The number of carbonyl (C=O) groups is 1. The summed E-state index contributed by atoms with van der Waals surface area (Å²) in [6.45, 7) is 1.20. The van der Waals surface area contributed by atoms with Gasteiger partial charge in [-0.3, -0.25) is 0 Å². The fourth-order valence-electron chi connectivity index (χ4n) is 0. The summed E-state index contributed by atoms with van der Waals surface area (Å²) in [6, 6.07) is 0. The normalized spacial score (nSPS) is 9.11. The molecule has 4 nitrogen and oxygen atoms in total. The minimum absolute atomic E-state index is 0. The summed E-state index contributed by atoms with van der Waals surface area (Å²) in [5, 5.41) is 15.8. The molecule has 0 aliphatic rings. The summed E-state index contributed by atoms with van der Waals surface area (Å²) in [5.74, 6) is -1.19. The molecule has 9 heavy (non-hydrogen) atoms. The Labute approximate surface area is 97.5 Å². The number of carboxylic acid groups (broad SMARTS) is 1. The third-order valence-corrected chi connectivity index (χ3v) is 0.357. The molecular weight excluding hydrogens is 146 g/mol. The molecule has 1 atom stereocenters. The van der Waals surface area contributed by atoms with Crippen molar-refractivity contribution in [1.29, 1.82) is 0 Å². The molecule has 0 heterocycles. The van der Waals surface area contributed by atoms with Gasteiger partial charge in [-0.2, -0.15) is 0 Å². The second kappa shape index (κ2) is 12.1. The summed E-state index contributed by atoms with van der Waals surface area (Å²) in [4.78, 5) is 9.45. The summed E-state index contributed by atoms with van der Waals surface area (Å²) in [6.07, 6.45) is -1.23. The Hall–Kier alpha value is 1.39. The van der Waals surface area contributed by atoms with Gasteiger partial charge in [0.05, 0.1) is 0 Å². The van der Waals surface area contributed by atoms with Crippen molar-refractivity contribution in [3.05, 3.63) is 0 Å². The molecule has 0 aliphatic heterocycles. The average Bonchev–Trinajstić information content (AvgIpc) is 1.36. The van der Waals surface area contributed by atoms with Crippen LogP contribution in [0.2, 0.25) is 0 Å². The topological polar surface area (TPSA) is 89.0 Å². The number of carboxylic acids is 1. The van der Waals surface area contributed by atoms with Gasteiger partial charge in [-0.25, -0.2) is 4.79 Å². The van der Waals surface area contributed by atoms with Gasteiger partial charge in [0.2, 0.25) is 0 Å². The van der Waals surface area contributed by atoms with Crippen LogP contribution in [-0.4, -0.2) is 86.9 Å². The van der Waals surface area contributed by atoms with Crippen LogP contribution in [0.3, 0.4) is 0 Å². The van der Waals surface area contributed by atoms with Gasteiger partial charge in [-0.1, -0.05) is 0 Å². The molecule has 0 saturated carbocycles. The molecule has 0 bridgehead atoms. The Balaban J connectivity index is -0.0000000417. The summed E-state index contributed by atoms with van der Waals surface area (Å²) >= 11 is 0. The van der Waals surface area contributed by atoms with Crippen molar-refractivity contribution in [2.24, 2.45) is 0 Å². The van der Waals surface area contributed by atoms with E-state index in [0.717, 1.165) is 0 Å². The van der Waals surface area contributed by atoms with Crippen molar-refractivity contribution in [2.75, 3.05) is 0 Å². The first-order valence-electron chi connectivity index (χ1n) is 1.55. The number of hydrogen-bond acceptors (Lipinski definition) is 2. The first kappa shape index (κ1) is 22.4. The molecule has 4 N–H and O–H groups in total. The van der Waals surface area contributed by atoms with Gasteiger partial charge in [-0.15, -0.1) is 0 Å².